The lowest BCUT2D eigenvalue weighted by molar-refractivity contribution is 0.0551. The maximum absolute atomic E-state index is 12.9. The predicted molar refractivity (Wildman–Crippen MR) is 86.4 cm³/mol. The molecule has 1 atom stereocenters. The summed E-state index contributed by atoms with van der Waals surface area (Å²) < 4.78 is 5.50. The monoisotopic (exact) mass is 326 g/mol. The van der Waals surface area contributed by atoms with Gasteiger partial charge in [-0.15, -0.1) is 0 Å². The fourth-order valence-electron chi connectivity index (χ4n) is 3.45. The van der Waals surface area contributed by atoms with Gasteiger partial charge in [-0.25, -0.2) is 9.78 Å². The number of hydrogen-bond acceptors (Lipinski definition) is 4. The summed E-state index contributed by atoms with van der Waals surface area (Å²) in [5, 5.41) is 0. The van der Waals surface area contributed by atoms with Gasteiger partial charge in [0.1, 0.15) is 11.4 Å². The quantitative estimate of drug-likeness (QED) is 0.912. The molecule has 2 aromatic rings. The van der Waals surface area contributed by atoms with Gasteiger partial charge < -0.3 is 19.5 Å². The fourth-order valence-corrected chi connectivity index (χ4v) is 3.45. The third kappa shape index (κ3) is 2.33. The highest BCUT2D eigenvalue weighted by molar-refractivity contribution is 5.98. The Morgan fingerprint density at radius 2 is 2.08 bits per heavy atom. The molecular formula is C17H18N4O3. The Bertz CT molecular complexity index is 788. The Labute approximate surface area is 139 Å². The van der Waals surface area contributed by atoms with Gasteiger partial charge in [-0.2, -0.15) is 0 Å². The number of nitrogens with zero attached hydrogens (tertiary/aromatic N) is 3. The van der Waals surface area contributed by atoms with Gasteiger partial charge in [0.25, 0.3) is 5.91 Å². The van der Waals surface area contributed by atoms with Crippen molar-refractivity contribution in [1.29, 1.82) is 0 Å². The van der Waals surface area contributed by atoms with E-state index in [1.165, 1.54) is 6.33 Å². The van der Waals surface area contributed by atoms with Crippen LogP contribution in [0.4, 0.5) is 4.79 Å². The molecule has 2 amide bonds. The van der Waals surface area contributed by atoms with Crippen LogP contribution >= 0.6 is 0 Å². The van der Waals surface area contributed by atoms with E-state index >= 15 is 0 Å². The second-order valence-electron chi connectivity index (χ2n) is 6.38. The summed E-state index contributed by atoms with van der Waals surface area (Å²) in [5.74, 6) is -0.117. The van der Waals surface area contributed by atoms with E-state index in [0.717, 1.165) is 5.56 Å². The third-order valence-electron chi connectivity index (χ3n) is 4.64. The van der Waals surface area contributed by atoms with Crippen molar-refractivity contribution in [2.24, 2.45) is 0 Å². The maximum atomic E-state index is 12.9. The minimum absolute atomic E-state index is 0.117. The van der Waals surface area contributed by atoms with Crippen LogP contribution in [0.1, 0.15) is 16.9 Å². The Kier molecular flexibility index (Phi) is 3.30. The van der Waals surface area contributed by atoms with E-state index in [-0.39, 0.29) is 12.0 Å². The van der Waals surface area contributed by atoms with Crippen LogP contribution in [0.15, 0.2) is 36.7 Å². The Morgan fingerprint density at radius 3 is 2.79 bits per heavy atom. The van der Waals surface area contributed by atoms with Crippen molar-refractivity contribution in [2.75, 3.05) is 26.7 Å². The minimum Gasteiger partial charge on any atom is -0.439 e. The number of rotatable bonds is 2. The summed E-state index contributed by atoms with van der Waals surface area (Å²) in [6, 6.07) is 9.60. The van der Waals surface area contributed by atoms with Crippen LogP contribution in [0.5, 0.6) is 0 Å². The van der Waals surface area contributed by atoms with E-state index < -0.39 is 5.60 Å². The van der Waals surface area contributed by atoms with E-state index in [1.54, 1.807) is 16.8 Å². The molecule has 2 saturated heterocycles. The largest absolute Gasteiger partial charge is 0.439 e. The molecule has 24 heavy (non-hydrogen) atoms. The molecule has 2 fully saturated rings. The van der Waals surface area contributed by atoms with E-state index in [1.807, 2.05) is 30.3 Å². The number of carbonyl (C=O) groups is 2. The number of imidazole rings is 1. The second kappa shape index (κ2) is 5.36. The van der Waals surface area contributed by atoms with Gasteiger partial charge in [-0.1, -0.05) is 30.3 Å². The highest BCUT2D eigenvalue weighted by atomic mass is 16.6. The number of likely N-dealkylation sites (N-methyl/N-ethyl adjacent to an activating group) is 1. The number of nitrogens with one attached hydrogen (secondary N) is 1. The lowest BCUT2D eigenvalue weighted by Gasteiger charge is -2.21. The van der Waals surface area contributed by atoms with E-state index in [0.29, 0.717) is 37.4 Å². The predicted octanol–water partition coefficient (Wildman–Crippen LogP) is 1.74. The summed E-state index contributed by atoms with van der Waals surface area (Å²) in [6.07, 6.45) is 1.87. The standard InChI is InChI=1S/C17H18N4O3/c1-20-9-17(24-16(20)23)7-8-21(10-17)15(22)14-13(18-11-19-14)12-5-3-2-4-6-12/h2-6,11H,7-10H2,1H3,(H,18,19)/t17-/m0/s1. The molecule has 7 nitrogen and oxygen atoms in total. The van der Waals surface area contributed by atoms with Crippen molar-refractivity contribution in [3.63, 3.8) is 0 Å². The molecule has 1 N–H and O–H groups in total. The number of H-pyrrole nitrogens is 1. The number of ether oxygens (including phenoxy) is 1. The summed E-state index contributed by atoms with van der Waals surface area (Å²) >= 11 is 0. The van der Waals surface area contributed by atoms with E-state index in [2.05, 4.69) is 9.97 Å². The van der Waals surface area contributed by atoms with Crippen molar-refractivity contribution in [3.8, 4) is 11.3 Å². The molecule has 0 saturated carbocycles. The molecule has 0 radical (unpaired) electrons. The van der Waals surface area contributed by atoms with Crippen LogP contribution in [-0.2, 0) is 4.74 Å². The Hall–Kier alpha value is -2.83. The van der Waals surface area contributed by atoms with E-state index in [9.17, 15) is 9.59 Å². The fraction of sp³-hybridized carbons (Fsp3) is 0.353. The SMILES string of the molecule is CN1C[C@]2(CCN(C(=O)c3[nH]cnc3-c3ccccc3)C2)OC1=O. The Morgan fingerprint density at radius 1 is 1.29 bits per heavy atom. The summed E-state index contributed by atoms with van der Waals surface area (Å²) in [7, 11) is 1.71. The number of amides is 2. The lowest BCUT2D eigenvalue weighted by atomic mass is 10.0. The molecule has 7 heteroatoms. The molecular weight excluding hydrogens is 308 g/mol. The van der Waals surface area contributed by atoms with Gasteiger partial charge >= 0.3 is 6.09 Å². The summed E-state index contributed by atoms with van der Waals surface area (Å²) in [4.78, 5) is 35.1. The normalized spacial score (nSPS) is 23.1. The zero-order valence-corrected chi connectivity index (χ0v) is 13.4. The first-order valence-corrected chi connectivity index (χ1v) is 7.90. The Balaban J connectivity index is 1.56. The third-order valence-corrected chi connectivity index (χ3v) is 4.64. The van der Waals surface area contributed by atoms with Gasteiger partial charge in [-0.05, 0) is 0 Å². The molecule has 0 bridgehead atoms. The van der Waals surface area contributed by atoms with Crippen LogP contribution in [0.3, 0.4) is 0 Å². The van der Waals surface area contributed by atoms with Crippen LogP contribution < -0.4 is 0 Å². The second-order valence-corrected chi connectivity index (χ2v) is 6.38. The molecule has 124 valence electrons. The van der Waals surface area contributed by atoms with Crippen LogP contribution in [0, 0.1) is 0 Å². The number of likely N-dealkylation sites (tertiary alicyclic amines) is 1. The average molecular weight is 326 g/mol. The number of hydrogen-bond donors (Lipinski definition) is 1. The molecule has 0 aliphatic carbocycles. The van der Waals surface area contributed by atoms with Crippen molar-refractivity contribution in [2.45, 2.75) is 12.0 Å². The van der Waals surface area contributed by atoms with Gasteiger partial charge in [0, 0.05) is 25.6 Å². The zero-order valence-electron chi connectivity index (χ0n) is 13.4. The van der Waals surface area contributed by atoms with Gasteiger partial charge in [0.05, 0.1) is 19.4 Å². The molecule has 2 aliphatic heterocycles. The molecule has 1 aromatic heterocycles. The molecule has 1 spiro atoms. The zero-order chi connectivity index (χ0) is 16.7. The van der Waals surface area contributed by atoms with Crippen molar-refractivity contribution < 1.29 is 14.3 Å². The number of benzene rings is 1. The molecule has 3 heterocycles. The van der Waals surface area contributed by atoms with Crippen molar-refractivity contribution in [3.05, 3.63) is 42.4 Å². The lowest BCUT2D eigenvalue weighted by Crippen LogP contribution is -2.39. The van der Waals surface area contributed by atoms with Crippen LogP contribution in [-0.4, -0.2) is 64.1 Å². The van der Waals surface area contributed by atoms with Crippen molar-refractivity contribution >= 4 is 12.0 Å². The highest BCUT2D eigenvalue weighted by Gasteiger charge is 2.49. The smallest absolute Gasteiger partial charge is 0.410 e. The number of carbonyl (C=O) groups excluding carboxylic acids is 2. The number of aromatic nitrogens is 2. The topological polar surface area (TPSA) is 78.5 Å². The van der Waals surface area contributed by atoms with Crippen LogP contribution in [0.2, 0.25) is 0 Å². The first kappa shape index (κ1) is 14.7. The first-order valence-electron chi connectivity index (χ1n) is 7.90. The minimum atomic E-state index is -0.575. The number of aromatic amines is 1. The van der Waals surface area contributed by atoms with Crippen molar-refractivity contribution in [1.82, 2.24) is 19.8 Å². The van der Waals surface area contributed by atoms with Crippen LogP contribution in [0.25, 0.3) is 11.3 Å². The van der Waals surface area contributed by atoms with E-state index in [4.69, 9.17) is 4.74 Å². The van der Waals surface area contributed by atoms with Gasteiger partial charge in [-0.3, -0.25) is 4.79 Å². The highest BCUT2D eigenvalue weighted by Crippen LogP contribution is 2.33. The molecule has 4 rings (SSSR count). The average Bonchev–Trinajstić information content (AvgIpc) is 3.28. The maximum Gasteiger partial charge on any atom is 0.410 e. The summed E-state index contributed by atoms with van der Waals surface area (Å²) in [5.41, 5.74) is 1.43. The summed E-state index contributed by atoms with van der Waals surface area (Å²) in [6.45, 7) is 1.49. The first-order chi connectivity index (χ1) is 11.6. The molecule has 1 aromatic carbocycles. The van der Waals surface area contributed by atoms with Gasteiger partial charge in [0.15, 0.2) is 5.60 Å². The van der Waals surface area contributed by atoms with Gasteiger partial charge in [0.2, 0.25) is 0 Å². The molecule has 0 unspecified atom stereocenters. The molecule has 2 aliphatic rings.